The number of nitriles is 1. The van der Waals surface area contributed by atoms with E-state index in [-0.39, 0.29) is 33.2 Å². The van der Waals surface area contributed by atoms with Crippen LogP contribution < -0.4 is 11.0 Å². The summed E-state index contributed by atoms with van der Waals surface area (Å²) in [5.41, 5.74) is 0.762. The molecule has 0 aliphatic rings. The van der Waals surface area contributed by atoms with E-state index in [9.17, 15) is 25.0 Å². The van der Waals surface area contributed by atoms with E-state index >= 15 is 0 Å². The maximum Gasteiger partial charge on any atom is 0.279 e. The van der Waals surface area contributed by atoms with Gasteiger partial charge >= 0.3 is 0 Å². The highest BCUT2D eigenvalue weighted by atomic mass is 16.6. The topological polar surface area (TPSA) is 136 Å². The minimum absolute atomic E-state index is 0.0259. The molecular formula is C25H22N6O4. The van der Waals surface area contributed by atoms with Crippen molar-refractivity contribution in [2.45, 2.75) is 39.7 Å². The molecule has 0 atom stereocenters. The van der Waals surface area contributed by atoms with Gasteiger partial charge < -0.3 is 4.57 Å². The smallest absolute Gasteiger partial charge is 0.279 e. The van der Waals surface area contributed by atoms with Crippen LogP contribution in [0.5, 0.6) is 0 Å². The Hall–Kier alpha value is -4.65. The fourth-order valence-electron chi connectivity index (χ4n) is 3.91. The first-order chi connectivity index (χ1) is 16.8. The summed E-state index contributed by atoms with van der Waals surface area (Å²) in [6.45, 7) is 4.01. The van der Waals surface area contributed by atoms with Crippen molar-refractivity contribution in [3.63, 3.8) is 0 Å². The summed E-state index contributed by atoms with van der Waals surface area (Å²) in [7, 11) is 0. The van der Waals surface area contributed by atoms with Gasteiger partial charge in [-0.15, -0.1) is 0 Å². The maximum absolute atomic E-state index is 13.2. The van der Waals surface area contributed by atoms with Gasteiger partial charge in [0, 0.05) is 29.9 Å². The molecule has 4 aromatic rings. The molecule has 0 aliphatic carbocycles. The first-order valence-electron chi connectivity index (χ1n) is 11.1. The van der Waals surface area contributed by atoms with Crippen LogP contribution in [0.4, 0.5) is 5.69 Å². The molecular weight excluding hydrogens is 448 g/mol. The van der Waals surface area contributed by atoms with Crippen molar-refractivity contribution < 1.29 is 9.72 Å². The summed E-state index contributed by atoms with van der Waals surface area (Å²) < 4.78 is 3.02. The number of amides is 1. The molecule has 3 heterocycles. The Balaban J connectivity index is 2.02. The van der Waals surface area contributed by atoms with Crippen LogP contribution in [-0.4, -0.2) is 24.8 Å². The molecule has 0 unspecified atom stereocenters. The fraction of sp³-hybridized carbons (Fsp3) is 0.240. The molecule has 0 aliphatic heterocycles. The number of pyridine rings is 2. The van der Waals surface area contributed by atoms with Gasteiger partial charge in [0.2, 0.25) is 0 Å². The van der Waals surface area contributed by atoms with Gasteiger partial charge in [0.25, 0.3) is 17.2 Å². The van der Waals surface area contributed by atoms with Crippen molar-refractivity contribution in [1.82, 2.24) is 14.0 Å². The zero-order valence-electron chi connectivity index (χ0n) is 19.3. The minimum atomic E-state index is -0.731. The summed E-state index contributed by atoms with van der Waals surface area (Å²) in [5, 5.41) is 21.4. The summed E-state index contributed by atoms with van der Waals surface area (Å²) in [6, 6.07) is 12.7. The number of aromatic nitrogens is 3. The third kappa shape index (κ3) is 4.44. The van der Waals surface area contributed by atoms with Crippen LogP contribution in [0.15, 0.2) is 58.4 Å². The second kappa shape index (κ2) is 9.69. The van der Waals surface area contributed by atoms with Gasteiger partial charge in [-0.3, -0.25) is 24.1 Å². The average molecular weight is 470 g/mol. The molecule has 0 fully saturated rings. The Morgan fingerprint density at radius 1 is 1.23 bits per heavy atom. The van der Waals surface area contributed by atoms with Gasteiger partial charge in [0.1, 0.15) is 17.4 Å². The zero-order chi connectivity index (χ0) is 25.1. The molecule has 0 spiro atoms. The zero-order valence-corrected chi connectivity index (χ0v) is 19.3. The van der Waals surface area contributed by atoms with Crippen molar-refractivity contribution in [2.75, 3.05) is 0 Å². The number of aryl methyl sites for hydroxylation is 2. The monoisotopic (exact) mass is 470 g/mol. The molecule has 0 saturated heterocycles. The Kier molecular flexibility index (Phi) is 6.51. The molecule has 0 bridgehead atoms. The predicted octanol–water partition coefficient (Wildman–Crippen LogP) is 3.67. The predicted molar refractivity (Wildman–Crippen MR) is 129 cm³/mol. The molecule has 0 radical (unpaired) electrons. The molecule has 10 nitrogen and oxygen atoms in total. The summed E-state index contributed by atoms with van der Waals surface area (Å²) in [4.78, 5) is 45.8. The maximum atomic E-state index is 13.2. The second-order valence-electron chi connectivity index (χ2n) is 8.11. The molecule has 4 rings (SSSR count). The lowest BCUT2D eigenvalue weighted by Crippen LogP contribution is -2.29. The Labute approximate surface area is 199 Å². The second-order valence-corrected chi connectivity index (χ2v) is 8.11. The van der Waals surface area contributed by atoms with Crippen LogP contribution in [0.3, 0.4) is 0 Å². The first-order valence-corrected chi connectivity index (χ1v) is 11.1. The molecule has 1 aromatic carbocycles. The van der Waals surface area contributed by atoms with Crippen LogP contribution in [0.1, 0.15) is 47.7 Å². The van der Waals surface area contributed by atoms with E-state index in [1.165, 1.54) is 28.7 Å². The molecule has 1 amide bonds. The standard InChI is InChI=1S/C25H22N6O4/c1-3-4-6-12-30-22(28-24(32)17-10-9-16(2)20(14-17)31(34)35)18(15-26)13-19-23(30)27-21-8-5-7-11-29(21)25(19)33/h5,7-11,13-14H,3-4,6,12H2,1-2H3. The largest absolute Gasteiger partial charge is 0.309 e. The van der Waals surface area contributed by atoms with Crippen molar-refractivity contribution >= 4 is 28.3 Å². The third-order valence-corrected chi connectivity index (χ3v) is 5.76. The third-order valence-electron chi connectivity index (χ3n) is 5.76. The van der Waals surface area contributed by atoms with E-state index in [0.717, 1.165) is 12.8 Å². The number of nitro groups is 1. The van der Waals surface area contributed by atoms with E-state index in [1.54, 1.807) is 35.9 Å². The number of nitrogens with zero attached hydrogens (tertiary/aromatic N) is 6. The number of fused-ring (bicyclic) bond motifs is 2. The highest BCUT2D eigenvalue weighted by Gasteiger charge is 2.18. The van der Waals surface area contributed by atoms with Crippen molar-refractivity contribution in [3.8, 4) is 6.07 Å². The van der Waals surface area contributed by atoms with Crippen molar-refractivity contribution in [3.05, 3.63) is 91.3 Å². The first kappa shape index (κ1) is 23.5. The minimum Gasteiger partial charge on any atom is -0.309 e. The number of rotatable bonds is 6. The lowest BCUT2D eigenvalue weighted by Gasteiger charge is -2.13. The highest BCUT2D eigenvalue weighted by Crippen LogP contribution is 2.20. The molecule has 3 aromatic heterocycles. The lowest BCUT2D eigenvalue weighted by atomic mass is 10.1. The Bertz CT molecular complexity index is 1660. The van der Waals surface area contributed by atoms with Gasteiger partial charge in [-0.1, -0.05) is 31.9 Å². The van der Waals surface area contributed by atoms with E-state index in [2.05, 4.69) is 9.98 Å². The summed E-state index contributed by atoms with van der Waals surface area (Å²) in [5.74, 6) is -0.731. The molecule has 0 N–H and O–H groups in total. The number of benzene rings is 1. The lowest BCUT2D eigenvalue weighted by molar-refractivity contribution is -0.385. The van der Waals surface area contributed by atoms with E-state index in [0.29, 0.717) is 29.8 Å². The van der Waals surface area contributed by atoms with Crippen LogP contribution in [0.25, 0.3) is 16.7 Å². The number of carbonyl (C=O) groups excluding carboxylic acids is 1. The van der Waals surface area contributed by atoms with Crippen LogP contribution >= 0.6 is 0 Å². The van der Waals surface area contributed by atoms with Gasteiger partial charge in [-0.2, -0.15) is 10.3 Å². The van der Waals surface area contributed by atoms with Crippen LogP contribution in [-0.2, 0) is 6.54 Å². The molecule has 176 valence electrons. The van der Waals surface area contributed by atoms with Crippen molar-refractivity contribution in [1.29, 1.82) is 5.26 Å². The molecule has 35 heavy (non-hydrogen) atoms. The summed E-state index contributed by atoms with van der Waals surface area (Å²) in [6.07, 6.45) is 4.14. The number of hydrogen-bond donors (Lipinski definition) is 0. The quantitative estimate of drug-likeness (QED) is 0.183. The van der Waals surface area contributed by atoms with Gasteiger partial charge in [-0.25, -0.2) is 4.98 Å². The molecule has 10 heteroatoms. The van der Waals surface area contributed by atoms with Gasteiger partial charge in [-0.05, 0) is 37.6 Å². The Morgan fingerprint density at radius 3 is 2.74 bits per heavy atom. The van der Waals surface area contributed by atoms with Crippen LogP contribution in [0, 0.1) is 28.4 Å². The highest BCUT2D eigenvalue weighted by molar-refractivity contribution is 5.95. The number of nitro benzene ring substituents is 1. The normalized spacial score (nSPS) is 11.6. The Morgan fingerprint density at radius 2 is 2.03 bits per heavy atom. The number of hydrogen-bond acceptors (Lipinski definition) is 6. The van der Waals surface area contributed by atoms with Crippen LogP contribution in [0.2, 0.25) is 0 Å². The van der Waals surface area contributed by atoms with Gasteiger partial charge in [0.15, 0.2) is 5.49 Å². The van der Waals surface area contributed by atoms with E-state index in [4.69, 9.17) is 0 Å². The SMILES string of the molecule is CCCCCn1c(=NC(=O)c2ccc(C)c([N+](=O)[O-])c2)c(C#N)cc2c(=O)n3ccccc3nc21. The summed E-state index contributed by atoms with van der Waals surface area (Å²) >= 11 is 0. The van der Waals surface area contributed by atoms with E-state index < -0.39 is 10.8 Å². The fourth-order valence-corrected chi connectivity index (χ4v) is 3.91. The van der Waals surface area contributed by atoms with Crippen molar-refractivity contribution in [2.24, 2.45) is 4.99 Å². The molecule has 0 saturated carbocycles. The number of carbonyl (C=O) groups is 1. The van der Waals surface area contributed by atoms with Gasteiger partial charge in [0.05, 0.1) is 15.9 Å². The van der Waals surface area contributed by atoms with E-state index in [1.807, 2.05) is 13.0 Å². The average Bonchev–Trinajstić information content (AvgIpc) is 2.85. The number of unbranched alkanes of at least 4 members (excludes halogenated alkanes) is 2.